The van der Waals surface area contributed by atoms with Gasteiger partial charge in [-0.1, -0.05) is 37.2 Å². The van der Waals surface area contributed by atoms with Crippen molar-refractivity contribution in [3.8, 4) is 0 Å². The fourth-order valence-electron chi connectivity index (χ4n) is 1.54. The van der Waals surface area contributed by atoms with Crippen LogP contribution in [0.3, 0.4) is 0 Å². The summed E-state index contributed by atoms with van der Waals surface area (Å²) in [6.07, 6.45) is 0.531. The van der Waals surface area contributed by atoms with Crippen molar-refractivity contribution < 1.29 is 5.21 Å². The summed E-state index contributed by atoms with van der Waals surface area (Å²) in [5.74, 6) is 0.724. The Kier molecular flexibility index (Phi) is 4.64. The Bertz CT molecular complexity index is 361. The number of nitrogens with one attached hydrogen (secondary N) is 1. The number of nitrogens with zero attached hydrogens (tertiary/aromatic N) is 1. The second kappa shape index (κ2) is 6.00. The molecule has 0 radical (unpaired) electrons. The van der Waals surface area contributed by atoms with Gasteiger partial charge in [-0.05, 0) is 17.5 Å². The van der Waals surface area contributed by atoms with E-state index < -0.39 is 0 Å². The van der Waals surface area contributed by atoms with Crippen molar-refractivity contribution in [3.05, 3.63) is 29.8 Å². The van der Waals surface area contributed by atoms with Crippen molar-refractivity contribution in [1.29, 1.82) is 0 Å². The van der Waals surface area contributed by atoms with Crippen LogP contribution in [0.25, 0.3) is 0 Å². The third-order valence-corrected chi connectivity index (χ3v) is 2.41. The quantitative estimate of drug-likeness (QED) is 0.309. The molecule has 0 spiro atoms. The summed E-state index contributed by atoms with van der Waals surface area (Å²) in [5, 5.41) is 14.6. The predicted molar refractivity (Wildman–Crippen MR) is 67.0 cm³/mol. The Balaban J connectivity index is 2.60. The largest absolute Gasteiger partial charge is 0.409 e. The first kappa shape index (κ1) is 12.4. The SMILES string of the molecule is CC(C)c1ccccc1NCCC(N)=NO. The Hall–Kier alpha value is -1.71. The topological polar surface area (TPSA) is 70.6 Å². The van der Waals surface area contributed by atoms with Crippen molar-refractivity contribution in [1.82, 2.24) is 0 Å². The minimum Gasteiger partial charge on any atom is -0.409 e. The zero-order valence-electron chi connectivity index (χ0n) is 9.77. The van der Waals surface area contributed by atoms with Crippen LogP contribution in [0, 0.1) is 0 Å². The number of hydrogen-bond donors (Lipinski definition) is 3. The molecule has 1 aromatic carbocycles. The lowest BCUT2D eigenvalue weighted by molar-refractivity contribution is 0.317. The van der Waals surface area contributed by atoms with Gasteiger partial charge < -0.3 is 16.3 Å². The van der Waals surface area contributed by atoms with Crippen LogP contribution < -0.4 is 11.1 Å². The molecular formula is C12H19N3O. The van der Waals surface area contributed by atoms with Crippen LogP contribution in [0.2, 0.25) is 0 Å². The molecule has 0 aliphatic rings. The Morgan fingerprint density at radius 3 is 2.75 bits per heavy atom. The smallest absolute Gasteiger partial charge is 0.140 e. The summed E-state index contributed by atoms with van der Waals surface area (Å²) in [6.45, 7) is 4.98. The van der Waals surface area contributed by atoms with E-state index >= 15 is 0 Å². The van der Waals surface area contributed by atoms with E-state index in [0.717, 1.165) is 5.69 Å². The standard InChI is InChI=1S/C12H19N3O/c1-9(2)10-5-3-4-6-11(10)14-8-7-12(13)15-16/h3-6,9,14,16H,7-8H2,1-2H3,(H2,13,15). The molecule has 1 aromatic rings. The second-order valence-electron chi connectivity index (χ2n) is 4.01. The molecule has 0 aromatic heterocycles. The van der Waals surface area contributed by atoms with E-state index in [2.05, 4.69) is 30.4 Å². The van der Waals surface area contributed by atoms with Crippen LogP contribution in [0.5, 0.6) is 0 Å². The van der Waals surface area contributed by atoms with Gasteiger partial charge in [0.1, 0.15) is 5.84 Å². The summed E-state index contributed by atoms with van der Waals surface area (Å²) in [5.41, 5.74) is 7.79. The van der Waals surface area contributed by atoms with E-state index in [-0.39, 0.29) is 5.84 Å². The maximum atomic E-state index is 8.41. The van der Waals surface area contributed by atoms with Crippen molar-refractivity contribution >= 4 is 11.5 Å². The van der Waals surface area contributed by atoms with Gasteiger partial charge in [0.15, 0.2) is 0 Å². The van der Waals surface area contributed by atoms with E-state index in [9.17, 15) is 0 Å². The molecular weight excluding hydrogens is 202 g/mol. The predicted octanol–water partition coefficient (Wildman–Crippen LogP) is 2.36. The minimum absolute atomic E-state index is 0.245. The Labute approximate surface area is 96.2 Å². The van der Waals surface area contributed by atoms with Crippen LogP contribution >= 0.6 is 0 Å². The number of rotatable bonds is 5. The van der Waals surface area contributed by atoms with Gasteiger partial charge in [0.05, 0.1) is 0 Å². The Morgan fingerprint density at radius 2 is 2.12 bits per heavy atom. The highest BCUT2D eigenvalue weighted by Crippen LogP contribution is 2.23. The summed E-state index contributed by atoms with van der Waals surface area (Å²) in [6, 6.07) is 8.18. The molecule has 0 amide bonds. The number of anilines is 1. The first-order chi connectivity index (χ1) is 7.65. The fourth-order valence-corrected chi connectivity index (χ4v) is 1.54. The minimum atomic E-state index is 0.245. The number of amidine groups is 1. The van der Waals surface area contributed by atoms with Crippen LogP contribution in [0.4, 0.5) is 5.69 Å². The van der Waals surface area contributed by atoms with E-state index in [4.69, 9.17) is 10.9 Å². The highest BCUT2D eigenvalue weighted by atomic mass is 16.4. The average Bonchev–Trinajstić information content (AvgIpc) is 2.29. The van der Waals surface area contributed by atoms with Crippen LogP contribution in [0.15, 0.2) is 29.4 Å². The monoisotopic (exact) mass is 221 g/mol. The van der Waals surface area contributed by atoms with E-state index in [1.807, 2.05) is 18.2 Å². The number of para-hydroxylation sites is 1. The molecule has 0 saturated carbocycles. The molecule has 0 saturated heterocycles. The molecule has 4 heteroatoms. The maximum Gasteiger partial charge on any atom is 0.140 e. The molecule has 88 valence electrons. The second-order valence-corrected chi connectivity index (χ2v) is 4.01. The number of benzene rings is 1. The number of nitrogens with two attached hydrogens (primary N) is 1. The van der Waals surface area contributed by atoms with Crippen LogP contribution in [-0.2, 0) is 0 Å². The first-order valence-electron chi connectivity index (χ1n) is 5.44. The molecule has 4 nitrogen and oxygen atoms in total. The fraction of sp³-hybridized carbons (Fsp3) is 0.417. The van der Waals surface area contributed by atoms with Crippen LogP contribution in [0.1, 0.15) is 31.7 Å². The highest BCUT2D eigenvalue weighted by molar-refractivity contribution is 5.80. The van der Waals surface area contributed by atoms with Crippen LogP contribution in [-0.4, -0.2) is 17.6 Å². The number of hydrogen-bond acceptors (Lipinski definition) is 3. The van der Waals surface area contributed by atoms with E-state index in [0.29, 0.717) is 18.9 Å². The first-order valence-corrected chi connectivity index (χ1v) is 5.44. The van der Waals surface area contributed by atoms with Gasteiger partial charge in [0, 0.05) is 18.7 Å². The molecule has 0 heterocycles. The van der Waals surface area contributed by atoms with Gasteiger partial charge in [-0.25, -0.2) is 0 Å². The zero-order chi connectivity index (χ0) is 12.0. The van der Waals surface area contributed by atoms with Crippen molar-refractivity contribution in [3.63, 3.8) is 0 Å². The molecule has 0 aliphatic heterocycles. The molecule has 16 heavy (non-hydrogen) atoms. The molecule has 0 fully saturated rings. The summed E-state index contributed by atoms with van der Waals surface area (Å²) in [4.78, 5) is 0. The Morgan fingerprint density at radius 1 is 1.44 bits per heavy atom. The van der Waals surface area contributed by atoms with E-state index in [1.165, 1.54) is 5.56 Å². The third kappa shape index (κ3) is 3.46. The lowest BCUT2D eigenvalue weighted by Gasteiger charge is -2.14. The summed E-state index contributed by atoms with van der Waals surface area (Å²) >= 11 is 0. The summed E-state index contributed by atoms with van der Waals surface area (Å²) < 4.78 is 0. The summed E-state index contributed by atoms with van der Waals surface area (Å²) in [7, 11) is 0. The molecule has 4 N–H and O–H groups in total. The normalized spacial score (nSPS) is 11.8. The lowest BCUT2D eigenvalue weighted by atomic mass is 10.0. The van der Waals surface area contributed by atoms with Gasteiger partial charge in [-0.3, -0.25) is 0 Å². The van der Waals surface area contributed by atoms with Gasteiger partial charge in [0.25, 0.3) is 0 Å². The lowest BCUT2D eigenvalue weighted by Crippen LogP contribution is -2.17. The third-order valence-electron chi connectivity index (χ3n) is 2.41. The van der Waals surface area contributed by atoms with E-state index in [1.54, 1.807) is 0 Å². The molecule has 0 aliphatic carbocycles. The van der Waals surface area contributed by atoms with Gasteiger partial charge in [0.2, 0.25) is 0 Å². The molecule has 1 rings (SSSR count). The highest BCUT2D eigenvalue weighted by Gasteiger charge is 2.04. The molecule has 0 bridgehead atoms. The van der Waals surface area contributed by atoms with Gasteiger partial charge >= 0.3 is 0 Å². The van der Waals surface area contributed by atoms with Crippen molar-refractivity contribution in [2.75, 3.05) is 11.9 Å². The maximum absolute atomic E-state index is 8.41. The van der Waals surface area contributed by atoms with Gasteiger partial charge in [-0.15, -0.1) is 0 Å². The molecule has 0 unspecified atom stereocenters. The number of oxime groups is 1. The molecule has 0 atom stereocenters. The average molecular weight is 221 g/mol. The zero-order valence-corrected chi connectivity index (χ0v) is 9.77. The van der Waals surface area contributed by atoms with Crippen molar-refractivity contribution in [2.45, 2.75) is 26.2 Å². The van der Waals surface area contributed by atoms with Crippen molar-refractivity contribution in [2.24, 2.45) is 10.9 Å². The van der Waals surface area contributed by atoms with Gasteiger partial charge in [-0.2, -0.15) is 0 Å².